The van der Waals surface area contributed by atoms with E-state index in [4.69, 9.17) is 16.0 Å². The average Bonchev–Trinajstić information content (AvgIpc) is 3.06. The molecule has 2 atom stereocenters. The molecule has 32 heavy (non-hydrogen) atoms. The monoisotopic (exact) mass is 478 g/mol. The van der Waals surface area contributed by atoms with Crippen LogP contribution in [0.2, 0.25) is 5.02 Å². The number of nitrogens with one attached hydrogen (secondary N) is 1. The number of anilines is 1. The molecule has 1 saturated heterocycles. The van der Waals surface area contributed by atoms with Crippen LogP contribution < -0.4 is 5.32 Å². The van der Waals surface area contributed by atoms with Gasteiger partial charge < -0.3 is 9.73 Å². The van der Waals surface area contributed by atoms with E-state index in [0.29, 0.717) is 47.1 Å². The van der Waals surface area contributed by atoms with E-state index in [2.05, 4.69) is 19.2 Å². The second-order valence-electron chi connectivity index (χ2n) is 8.57. The Morgan fingerprint density at radius 2 is 1.84 bits per heavy atom. The Balaban J connectivity index is 1.65. The van der Waals surface area contributed by atoms with Gasteiger partial charge in [-0.15, -0.1) is 0 Å². The standard InChI is InChI=1S/C23H24ClFN2O4S/c1-13-8-14(2)12-27(11-13)32(29,30)17-5-7-21-18(10-17)15(3)22(31-21)23(28)26-16-4-6-20(25)19(24)9-16/h4-7,9-10,13-14H,8,11-12H2,1-3H3,(H,26,28)/t13-,14-/m0/s1. The Labute approximate surface area is 191 Å². The fourth-order valence-electron chi connectivity index (χ4n) is 4.29. The van der Waals surface area contributed by atoms with Crippen molar-refractivity contribution in [3.8, 4) is 0 Å². The second-order valence-corrected chi connectivity index (χ2v) is 10.9. The number of furan rings is 1. The number of nitrogens with zero attached hydrogens (tertiary/aromatic N) is 1. The summed E-state index contributed by atoms with van der Waals surface area (Å²) in [5.41, 5.74) is 1.24. The van der Waals surface area contributed by atoms with Crippen molar-refractivity contribution >= 4 is 44.2 Å². The van der Waals surface area contributed by atoms with Crippen molar-refractivity contribution in [1.29, 1.82) is 0 Å². The maximum Gasteiger partial charge on any atom is 0.291 e. The number of carbonyl (C=O) groups excluding carboxylic acids is 1. The number of aryl methyl sites for hydroxylation is 1. The van der Waals surface area contributed by atoms with Crippen LogP contribution in [0.4, 0.5) is 10.1 Å². The van der Waals surface area contributed by atoms with Crippen LogP contribution in [-0.4, -0.2) is 31.7 Å². The molecule has 3 aromatic rings. The molecule has 1 N–H and O–H groups in total. The molecule has 0 bridgehead atoms. The summed E-state index contributed by atoms with van der Waals surface area (Å²) in [5, 5.41) is 3.06. The van der Waals surface area contributed by atoms with Crippen molar-refractivity contribution in [2.75, 3.05) is 18.4 Å². The number of hydrogen-bond acceptors (Lipinski definition) is 4. The molecular weight excluding hydrogens is 455 g/mol. The Morgan fingerprint density at radius 1 is 1.16 bits per heavy atom. The topological polar surface area (TPSA) is 79.6 Å². The first-order chi connectivity index (χ1) is 15.1. The van der Waals surface area contributed by atoms with Gasteiger partial charge in [-0.25, -0.2) is 12.8 Å². The van der Waals surface area contributed by atoms with E-state index in [1.165, 1.54) is 22.5 Å². The summed E-state index contributed by atoms with van der Waals surface area (Å²) in [5.74, 6) is -0.484. The van der Waals surface area contributed by atoms with E-state index in [1.807, 2.05) is 0 Å². The van der Waals surface area contributed by atoms with Crippen LogP contribution >= 0.6 is 11.6 Å². The summed E-state index contributed by atoms with van der Waals surface area (Å²) < 4.78 is 47.1. The van der Waals surface area contributed by atoms with Crippen LogP contribution in [0.3, 0.4) is 0 Å². The average molecular weight is 479 g/mol. The largest absolute Gasteiger partial charge is 0.451 e. The fraction of sp³-hybridized carbons (Fsp3) is 0.348. The lowest BCUT2D eigenvalue weighted by Crippen LogP contribution is -2.42. The smallest absolute Gasteiger partial charge is 0.291 e. The van der Waals surface area contributed by atoms with Gasteiger partial charge in [0.15, 0.2) is 5.76 Å². The predicted octanol–water partition coefficient (Wildman–Crippen LogP) is 5.45. The van der Waals surface area contributed by atoms with Crippen LogP contribution in [0.15, 0.2) is 45.7 Å². The zero-order valence-electron chi connectivity index (χ0n) is 18.0. The molecule has 1 amide bonds. The Bertz CT molecular complexity index is 1290. The number of benzene rings is 2. The van der Waals surface area contributed by atoms with Crippen molar-refractivity contribution in [2.45, 2.75) is 32.1 Å². The molecule has 6 nitrogen and oxygen atoms in total. The van der Waals surface area contributed by atoms with Gasteiger partial charge in [0.05, 0.1) is 9.92 Å². The lowest BCUT2D eigenvalue weighted by Gasteiger charge is -2.34. The number of halogens is 2. The van der Waals surface area contributed by atoms with Crippen molar-refractivity contribution in [1.82, 2.24) is 4.31 Å². The predicted molar refractivity (Wildman–Crippen MR) is 122 cm³/mol. The molecule has 1 aromatic heterocycles. The first kappa shape index (κ1) is 22.8. The van der Waals surface area contributed by atoms with E-state index in [0.717, 1.165) is 12.5 Å². The van der Waals surface area contributed by atoms with Gasteiger partial charge in [-0.3, -0.25) is 4.79 Å². The van der Waals surface area contributed by atoms with Crippen LogP contribution in [0.5, 0.6) is 0 Å². The van der Waals surface area contributed by atoms with E-state index in [1.54, 1.807) is 19.1 Å². The van der Waals surface area contributed by atoms with Gasteiger partial charge >= 0.3 is 0 Å². The number of piperidine rings is 1. The van der Waals surface area contributed by atoms with Crippen LogP contribution in [0.1, 0.15) is 36.4 Å². The number of amides is 1. The van der Waals surface area contributed by atoms with Gasteiger partial charge in [0.2, 0.25) is 10.0 Å². The Kier molecular flexibility index (Phi) is 6.04. The number of sulfonamides is 1. The molecule has 0 spiro atoms. The summed E-state index contributed by atoms with van der Waals surface area (Å²) in [6.07, 6.45) is 1.00. The van der Waals surface area contributed by atoms with Crippen molar-refractivity contribution < 1.29 is 22.0 Å². The summed E-state index contributed by atoms with van der Waals surface area (Å²) in [6.45, 7) is 6.79. The highest BCUT2D eigenvalue weighted by Crippen LogP contribution is 2.32. The van der Waals surface area contributed by atoms with Crippen molar-refractivity contribution in [3.05, 3.63) is 58.6 Å². The highest BCUT2D eigenvalue weighted by atomic mass is 35.5. The molecule has 1 fully saturated rings. The number of rotatable bonds is 4. The van der Waals surface area contributed by atoms with E-state index >= 15 is 0 Å². The van der Waals surface area contributed by atoms with E-state index < -0.39 is 21.7 Å². The summed E-state index contributed by atoms with van der Waals surface area (Å²) in [4.78, 5) is 12.9. The highest BCUT2D eigenvalue weighted by Gasteiger charge is 2.32. The molecule has 4 rings (SSSR count). The van der Waals surface area contributed by atoms with Gasteiger partial charge in [0, 0.05) is 29.7 Å². The third-order valence-electron chi connectivity index (χ3n) is 5.76. The lowest BCUT2D eigenvalue weighted by atomic mass is 9.94. The molecule has 2 heterocycles. The van der Waals surface area contributed by atoms with Crippen molar-refractivity contribution in [2.24, 2.45) is 11.8 Å². The number of fused-ring (bicyclic) bond motifs is 1. The highest BCUT2D eigenvalue weighted by molar-refractivity contribution is 7.89. The molecular formula is C23H24ClFN2O4S. The van der Waals surface area contributed by atoms with Crippen LogP contribution in [0, 0.1) is 24.6 Å². The normalized spacial score (nSPS) is 19.9. The lowest BCUT2D eigenvalue weighted by molar-refractivity contribution is 0.0998. The van der Waals surface area contributed by atoms with Gasteiger partial charge in [0.1, 0.15) is 11.4 Å². The maximum atomic E-state index is 13.4. The Morgan fingerprint density at radius 3 is 2.50 bits per heavy atom. The van der Waals surface area contributed by atoms with Gasteiger partial charge in [-0.1, -0.05) is 25.4 Å². The van der Waals surface area contributed by atoms with Crippen LogP contribution in [0.25, 0.3) is 11.0 Å². The molecule has 1 aliphatic heterocycles. The zero-order chi connectivity index (χ0) is 23.2. The van der Waals surface area contributed by atoms with E-state index in [-0.39, 0.29) is 15.7 Å². The maximum absolute atomic E-state index is 13.4. The first-order valence-electron chi connectivity index (χ1n) is 10.4. The number of carbonyl (C=O) groups is 1. The minimum Gasteiger partial charge on any atom is -0.451 e. The van der Waals surface area contributed by atoms with E-state index in [9.17, 15) is 17.6 Å². The second kappa shape index (κ2) is 8.50. The minimum atomic E-state index is -3.66. The third kappa shape index (κ3) is 4.27. The summed E-state index contributed by atoms with van der Waals surface area (Å²) >= 11 is 5.77. The van der Waals surface area contributed by atoms with Crippen molar-refractivity contribution in [3.63, 3.8) is 0 Å². The van der Waals surface area contributed by atoms with Gasteiger partial charge in [-0.2, -0.15) is 4.31 Å². The summed E-state index contributed by atoms with van der Waals surface area (Å²) in [6, 6.07) is 8.48. The zero-order valence-corrected chi connectivity index (χ0v) is 19.6. The molecule has 2 aromatic carbocycles. The number of hydrogen-bond donors (Lipinski definition) is 1. The SMILES string of the molecule is Cc1c(C(=O)Nc2ccc(F)c(Cl)c2)oc2ccc(S(=O)(=O)N3C[C@@H](C)C[C@H](C)C3)cc12. The molecule has 0 unspecified atom stereocenters. The molecule has 9 heteroatoms. The molecule has 170 valence electrons. The Hall–Kier alpha value is -2.42. The van der Waals surface area contributed by atoms with Gasteiger partial charge in [0.25, 0.3) is 5.91 Å². The van der Waals surface area contributed by atoms with Crippen LogP contribution in [-0.2, 0) is 10.0 Å². The molecule has 0 radical (unpaired) electrons. The van der Waals surface area contributed by atoms with Gasteiger partial charge in [-0.05, 0) is 61.6 Å². The fourth-order valence-corrected chi connectivity index (χ4v) is 6.18. The quantitative estimate of drug-likeness (QED) is 0.540. The first-order valence-corrected chi connectivity index (χ1v) is 12.2. The molecule has 0 saturated carbocycles. The summed E-state index contributed by atoms with van der Waals surface area (Å²) in [7, 11) is -3.66. The third-order valence-corrected chi connectivity index (χ3v) is 7.88. The minimum absolute atomic E-state index is 0.0511. The molecule has 1 aliphatic rings. The molecule has 0 aliphatic carbocycles.